The predicted octanol–water partition coefficient (Wildman–Crippen LogP) is -1.29. The zero-order chi connectivity index (χ0) is 12.3. The maximum atomic E-state index is 10.7. The topological polar surface area (TPSA) is 187 Å². The molecule has 0 aromatic heterocycles. The fraction of sp³-hybridized carbons (Fsp3) is 0. The number of hydrogen-bond acceptors (Lipinski definition) is 7. The second-order valence-corrected chi connectivity index (χ2v) is 5.23. The average molecular weight is 282 g/mol. The van der Waals surface area contributed by atoms with Gasteiger partial charge in [0, 0.05) is 9.04 Å². The monoisotopic (exact) mass is 282 g/mol. The molecule has 0 aliphatic heterocycles. The summed E-state index contributed by atoms with van der Waals surface area (Å²) in [5, 5.41) is 2.04. The number of nitrogens with zero attached hydrogens (tertiary/aromatic N) is 4. The molecule has 2 N–H and O–H groups in total. The van der Waals surface area contributed by atoms with Crippen LogP contribution in [0.25, 0.3) is 10.4 Å². The van der Waals surface area contributed by atoms with Gasteiger partial charge in [-0.05, 0) is 0 Å². The van der Waals surface area contributed by atoms with E-state index in [1.807, 2.05) is 5.22 Å². The van der Waals surface area contributed by atoms with Gasteiger partial charge in [-0.1, -0.05) is 0 Å². The summed E-state index contributed by atoms with van der Waals surface area (Å²) in [5.74, 6) is 0. The maximum absolute atomic E-state index is 10.7. The van der Waals surface area contributed by atoms with Gasteiger partial charge >= 0.3 is 32.0 Å². The molecule has 0 aromatic rings. The molecule has 0 aliphatic rings. The maximum Gasteiger partial charge on any atom is 0.472 e. The first-order valence-corrected chi connectivity index (χ1v) is 6.29. The van der Waals surface area contributed by atoms with E-state index in [4.69, 9.17) is 14.6 Å². The molecule has 1 atom stereocenters. The highest BCUT2D eigenvalue weighted by Gasteiger charge is 2.39. The van der Waals surface area contributed by atoms with Crippen molar-refractivity contribution in [1.82, 2.24) is 3.82 Å². The zero-order valence-corrected chi connectivity index (χ0v) is 8.81. The van der Waals surface area contributed by atoms with Crippen molar-refractivity contribution in [3.8, 4) is 0 Å². The Morgan fingerprint density at radius 3 is 2.13 bits per heavy atom. The summed E-state index contributed by atoms with van der Waals surface area (Å²) < 4.78 is 70.3. The van der Waals surface area contributed by atoms with Gasteiger partial charge in [-0.3, -0.25) is 9.11 Å². The van der Waals surface area contributed by atoms with Crippen LogP contribution in [0.2, 0.25) is 0 Å². The summed E-state index contributed by atoms with van der Waals surface area (Å²) in [4.78, 5) is 1.75. The molecule has 0 aromatic carbocycles. The van der Waals surface area contributed by atoms with Gasteiger partial charge in [-0.25, -0.2) is 0 Å². The molecule has 0 heterocycles. The summed E-state index contributed by atoms with van der Waals surface area (Å²) in [5.41, 5.74) is 7.78. The average Bonchev–Trinajstić information content (AvgIpc) is 1.94. The van der Waals surface area contributed by atoms with E-state index in [1.165, 1.54) is 0 Å². The lowest BCUT2D eigenvalue weighted by Gasteiger charge is -2.05. The van der Waals surface area contributed by atoms with Crippen LogP contribution in [0.15, 0.2) is 5.22 Å². The lowest BCUT2D eigenvalue weighted by atomic mass is 12.7. The molecule has 15 heteroatoms. The molecule has 1 unspecified atom stereocenters. The van der Waals surface area contributed by atoms with Crippen LogP contribution in [0.1, 0.15) is 0 Å². The minimum absolute atomic E-state index is 1.21. The summed E-state index contributed by atoms with van der Waals surface area (Å²) in [6.07, 6.45) is 0. The van der Waals surface area contributed by atoms with Crippen molar-refractivity contribution in [1.29, 1.82) is 0 Å². The van der Waals surface area contributed by atoms with Gasteiger partial charge in [0.05, 0.1) is 0 Å². The highest BCUT2D eigenvalue weighted by atomic mass is 32.3. The highest BCUT2D eigenvalue weighted by molar-refractivity contribution is 8.02. The second-order valence-electron chi connectivity index (χ2n) is 1.58. The van der Waals surface area contributed by atoms with Gasteiger partial charge < -0.3 is 0 Å². The van der Waals surface area contributed by atoms with Gasteiger partial charge in [0.2, 0.25) is 0 Å². The van der Waals surface area contributed by atoms with Crippen LogP contribution >= 0.6 is 0 Å². The molecule has 0 radical (unpaired) electrons. The minimum Gasteiger partial charge on any atom is -0.283 e. The van der Waals surface area contributed by atoms with Crippen molar-refractivity contribution < 1.29 is 33.8 Å². The molecular formula is H2N4O8S3. The van der Waals surface area contributed by atoms with E-state index >= 15 is 0 Å². The molecule has 15 heavy (non-hydrogen) atoms. The first-order chi connectivity index (χ1) is 6.61. The summed E-state index contributed by atoms with van der Waals surface area (Å²) in [6, 6.07) is 0. The van der Waals surface area contributed by atoms with Crippen molar-refractivity contribution in [3.63, 3.8) is 0 Å². The first kappa shape index (κ1) is 14.0. The Balaban J connectivity index is 5.48. The molecule has 12 nitrogen and oxygen atoms in total. The quantitative estimate of drug-likeness (QED) is 0.155. The molecule has 0 amide bonds. The van der Waals surface area contributed by atoms with Crippen LogP contribution in [0.4, 0.5) is 0 Å². The van der Waals surface area contributed by atoms with Gasteiger partial charge in [-0.15, -0.1) is 9.16 Å². The normalized spacial score (nSPS) is 14.0. The Kier molecular flexibility index (Phi) is 4.41. The summed E-state index contributed by atoms with van der Waals surface area (Å²) in [6.45, 7) is 0. The lowest BCUT2D eigenvalue weighted by Crippen LogP contribution is -2.33. The summed E-state index contributed by atoms with van der Waals surface area (Å²) >= 11 is -3.38. The fourth-order valence-corrected chi connectivity index (χ4v) is 2.53. The molecule has 0 spiro atoms. The molecular weight excluding hydrogens is 280 g/mol. The predicted molar refractivity (Wildman–Crippen MR) is 43.3 cm³/mol. The summed E-state index contributed by atoms with van der Waals surface area (Å²) in [7, 11) is -10.9. The molecule has 0 saturated heterocycles. The van der Waals surface area contributed by atoms with Gasteiger partial charge in [0.25, 0.3) is 0 Å². The minimum atomic E-state index is -5.48. The molecule has 0 rings (SSSR count). The highest BCUT2D eigenvalue weighted by Crippen LogP contribution is 2.10. The number of azide groups is 1. The third-order valence-corrected chi connectivity index (χ3v) is 3.84. The van der Waals surface area contributed by atoms with Crippen molar-refractivity contribution in [3.05, 3.63) is 10.4 Å². The molecule has 0 bridgehead atoms. The fourth-order valence-electron chi connectivity index (χ4n) is 0.338. The van der Waals surface area contributed by atoms with E-state index in [0.29, 0.717) is 0 Å². The molecule has 88 valence electrons. The van der Waals surface area contributed by atoms with Crippen molar-refractivity contribution in [2.45, 2.75) is 0 Å². The van der Waals surface area contributed by atoms with E-state index in [0.717, 1.165) is 0 Å². The molecule has 0 aliphatic carbocycles. The van der Waals surface area contributed by atoms with Crippen LogP contribution in [0, 0.1) is 0 Å². The van der Waals surface area contributed by atoms with E-state index < -0.39 is 35.8 Å². The number of rotatable bonds is 5. The van der Waals surface area contributed by atoms with Crippen molar-refractivity contribution in [2.75, 3.05) is 0 Å². The van der Waals surface area contributed by atoms with E-state index in [9.17, 15) is 21.0 Å². The Bertz CT molecular complexity index is 492. The molecule has 0 fully saturated rings. The molecule has 0 saturated carbocycles. The van der Waals surface area contributed by atoms with Gasteiger partial charge in [0.1, 0.15) is 0 Å². The largest absolute Gasteiger partial charge is 0.472 e. The van der Waals surface area contributed by atoms with Crippen LogP contribution in [0.5, 0.6) is 0 Å². The van der Waals surface area contributed by atoms with Crippen LogP contribution < -0.4 is 0 Å². The Hall–Kier alpha value is -0.960. The Morgan fingerprint density at radius 1 is 1.40 bits per heavy atom. The van der Waals surface area contributed by atoms with Crippen LogP contribution in [-0.4, -0.2) is 34.0 Å². The third kappa shape index (κ3) is 4.38. The SMILES string of the molecule is [N-]=[N+]=NN(S(=O)(=O)O)S(=O)(=O)OS(=O)O. The number of hydrogen-bond donors (Lipinski definition) is 2. The van der Waals surface area contributed by atoms with Crippen molar-refractivity contribution >= 4 is 32.0 Å². The van der Waals surface area contributed by atoms with Crippen LogP contribution in [0.3, 0.4) is 0 Å². The zero-order valence-electron chi connectivity index (χ0n) is 6.36. The van der Waals surface area contributed by atoms with Gasteiger partial charge in [-0.2, -0.15) is 26.0 Å². The van der Waals surface area contributed by atoms with Gasteiger partial charge in [0.15, 0.2) is 0 Å². The second kappa shape index (κ2) is 4.71. The lowest BCUT2D eigenvalue weighted by molar-refractivity contribution is 0.384. The van der Waals surface area contributed by atoms with Crippen molar-refractivity contribution in [2.24, 2.45) is 5.22 Å². The van der Waals surface area contributed by atoms with Crippen LogP contribution in [-0.2, 0) is 35.6 Å². The Morgan fingerprint density at radius 2 is 1.87 bits per heavy atom. The standard InChI is InChI=1S/H2N4O8S3/c1-2-3-4(14(7,8)9)15(10,11)12-13(5)6/h(H,5,6)(H,7,8,9). The Labute approximate surface area is 85.7 Å². The van der Waals surface area contributed by atoms with E-state index in [2.05, 4.69) is 3.63 Å². The van der Waals surface area contributed by atoms with E-state index in [1.54, 1.807) is 4.91 Å². The third-order valence-electron chi connectivity index (χ3n) is 0.646. The smallest absolute Gasteiger partial charge is 0.283 e. The first-order valence-electron chi connectivity index (χ1n) is 2.50. The van der Waals surface area contributed by atoms with E-state index in [-0.39, 0.29) is 0 Å².